The molecule has 0 saturated heterocycles. The van der Waals surface area contributed by atoms with Crippen molar-refractivity contribution in [3.05, 3.63) is 78.5 Å². The summed E-state index contributed by atoms with van der Waals surface area (Å²) in [6.07, 6.45) is 4.17. The molecule has 2 aliphatic carbocycles. The molecule has 0 N–H and O–H groups in total. The van der Waals surface area contributed by atoms with Gasteiger partial charge in [-0.15, -0.1) is 0 Å². The van der Waals surface area contributed by atoms with Crippen molar-refractivity contribution >= 4 is 50.7 Å². The number of hydrogen-bond donors (Lipinski definition) is 0. The highest BCUT2D eigenvalue weighted by atomic mass is 79.9. The Morgan fingerprint density at radius 2 is 1.62 bits per heavy atom. The van der Waals surface area contributed by atoms with Crippen LogP contribution in [0.4, 0.5) is 0 Å². The fourth-order valence-corrected chi connectivity index (χ4v) is 6.99. The lowest BCUT2D eigenvalue weighted by atomic mass is 9.71. The number of halogens is 3. The fourth-order valence-electron chi connectivity index (χ4n) is 5.95. The number of carbonyl (C=O) groups is 2. The number of benzene rings is 2. The smallest absolute Gasteiger partial charge is 0.175 e. The van der Waals surface area contributed by atoms with Gasteiger partial charge in [-0.3, -0.25) is 9.59 Å². The molecule has 0 atom stereocenters. The zero-order chi connectivity index (χ0) is 28.4. The maximum absolute atomic E-state index is 13.6. The number of Topliss-reactive ketones (excluding diaryl/α,β-unsaturated/α-hetero) is 2. The van der Waals surface area contributed by atoms with Gasteiger partial charge < -0.3 is 19.1 Å². The standard InChI is InChI=1S/C31H32BrCl2NO5/c1-3-39-27-15-19(14-21(32)31(27)40-17-18-10-11-20(33)16-22(18)34)28-29-23(6-4-8-25(29)36)35(12-13-38-2)24-7-5-9-26(37)30(24)28/h10-11,14-16,28H,3-9,12-13,17H2,1-2H3. The van der Waals surface area contributed by atoms with E-state index in [9.17, 15) is 9.59 Å². The number of nitrogens with zero attached hydrogens (tertiary/aromatic N) is 1. The van der Waals surface area contributed by atoms with Crippen molar-refractivity contribution in [2.45, 2.75) is 58.0 Å². The third kappa shape index (κ3) is 5.71. The van der Waals surface area contributed by atoms with Crippen molar-refractivity contribution in [3.8, 4) is 11.5 Å². The first-order valence-electron chi connectivity index (χ1n) is 13.7. The first kappa shape index (κ1) is 29.2. The third-order valence-corrected chi connectivity index (χ3v) is 8.83. The van der Waals surface area contributed by atoms with Gasteiger partial charge in [-0.05, 0) is 78.4 Å². The molecule has 0 unspecified atom stereocenters. The van der Waals surface area contributed by atoms with Gasteiger partial charge in [0.1, 0.15) is 6.61 Å². The van der Waals surface area contributed by atoms with Gasteiger partial charge in [0, 0.05) is 70.6 Å². The van der Waals surface area contributed by atoms with Crippen LogP contribution in [0.25, 0.3) is 0 Å². The summed E-state index contributed by atoms with van der Waals surface area (Å²) >= 11 is 16.1. The van der Waals surface area contributed by atoms with E-state index in [1.165, 1.54) is 0 Å². The molecular formula is C31H32BrCl2NO5. The molecule has 0 bridgehead atoms. The van der Waals surface area contributed by atoms with Crippen LogP contribution in [0.5, 0.6) is 11.5 Å². The van der Waals surface area contributed by atoms with Gasteiger partial charge >= 0.3 is 0 Å². The van der Waals surface area contributed by atoms with Crippen molar-refractivity contribution < 1.29 is 23.8 Å². The summed E-state index contributed by atoms with van der Waals surface area (Å²) in [6, 6.07) is 9.15. The monoisotopic (exact) mass is 647 g/mol. The molecule has 2 aromatic rings. The Bertz CT molecular complexity index is 1360. The maximum Gasteiger partial charge on any atom is 0.175 e. The summed E-state index contributed by atoms with van der Waals surface area (Å²) in [7, 11) is 1.67. The quantitative estimate of drug-likeness (QED) is 0.277. The molecule has 6 nitrogen and oxygen atoms in total. The van der Waals surface area contributed by atoms with Crippen molar-refractivity contribution in [2.75, 3.05) is 26.9 Å². The van der Waals surface area contributed by atoms with Gasteiger partial charge in [0.25, 0.3) is 0 Å². The van der Waals surface area contributed by atoms with E-state index in [1.807, 2.05) is 25.1 Å². The first-order chi connectivity index (χ1) is 19.3. The molecule has 0 amide bonds. The summed E-state index contributed by atoms with van der Waals surface area (Å²) in [5.74, 6) is 0.826. The van der Waals surface area contributed by atoms with Gasteiger partial charge in [-0.2, -0.15) is 0 Å². The van der Waals surface area contributed by atoms with Gasteiger partial charge in [0.15, 0.2) is 23.1 Å². The van der Waals surface area contributed by atoms with E-state index in [0.717, 1.165) is 59.4 Å². The molecule has 9 heteroatoms. The van der Waals surface area contributed by atoms with Crippen LogP contribution in [0, 0.1) is 0 Å². The fraction of sp³-hybridized carbons (Fsp3) is 0.419. The second kappa shape index (κ2) is 12.7. The lowest BCUT2D eigenvalue weighted by Gasteiger charge is -2.44. The van der Waals surface area contributed by atoms with Crippen molar-refractivity contribution in [3.63, 3.8) is 0 Å². The molecule has 0 fully saturated rings. The summed E-state index contributed by atoms with van der Waals surface area (Å²) < 4.78 is 18.3. The minimum absolute atomic E-state index is 0.102. The number of carbonyl (C=O) groups excluding carboxylic acids is 2. The molecule has 40 heavy (non-hydrogen) atoms. The van der Waals surface area contributed by atoms with Crippen LogP contribution < -0.4 is 9.47 Å². The average Bonchev–Trinajstić information content (AvgIpc) is 2.92. The zero-order valence-corrected chi connectivity index (χ0v) is 25.8. The number of allylic oxidation sites excluding steroid dienone is 4. The van der Waals surface area contributed by atoms with Crippen LogP contribution in [0.2, 0.25) is 10.0 Å². The van der Waals surface area contributed by atoms with Crippen molar-refractivity contribution in [1.29, 1.82) is 0 Å². The lowest BCUT2D eigenvalue weighted by Crippen LogP contribution is -2.40. The molecule has 1 aliphatic heterocycles. The maximum atomic E-state index is 13.6. The zero-order valence-electron chi connectivity index (χ0n) is 22.7. The van der Waals surface area contributed by atoms with Crippen LogP contribution in [-0.4, -0.2) is 43.3 Å². The van der Waals surface area contributed by atoms with Gasteiger partial charge in [-0.25, -0.2) is 0 Å². The summed E-state index contributed by atoms with van der Waals surface area (Å²) in [6.45, 7) is 3.68. The van der Waals surface area contributed by atoms with Gasteiger partial charge in [0.2, 0.25) is 0 Å². The van der Waals surface area contributed by atoms with E-state index in [1.54, 1.807) is 19.2 Å². The van der Waals surface area contributed by atoms with Crippen molar-refractivity contribution in [2.24, 2.45) is 0 Å². The summed E-state index contributed by atoms with van der Waals surface area (Å²) in [5, 5.41) is 1.07. The van der Waals surface area contributed by atoms with Crippen LogP contribution in [0.3, 0.4) is 0 Å². The van der Waals surface area contributed by atoms with Gasteiger partial charge in [-0.1, -0.05) is 29.3 Å². The number of ether oxygens (including phenoxy) is 3. The molecule has 1 heterocycles. The Balaban J connectivity index is 1.60. The molecule has 0 radical (unpaired) electrons. The van der Waals surface area contributed by atoms with Crippen LogP contribution in [0.15, 0.2) is 57.3 Å². The van der Waals surface area contributed by atoms with E-state index >= 15 is 0 Å². The van der Waals surface area contributed by atoms with Crippen LogP contribution in [-0.2, 0) is 20.9 Å². The predicted molar refractivity (Wildman–Crippen MR) is 159 cm³/mol. The largest absolute Gasteiger partial charge is 0.490 e. The Hall–Kier alpha value is -2.32. The molecule has 2 aromatic carbocycles. The Kier molecular flexibility index (Phi) is 9.25. The lowest BCUT2D eigenvalue weighted by molar-refractivity contribution is -0.117. The topological polar surface area (TPSA) is 65.1 Å². The summed E-state index contributed by atoms with van der Waals surface area (Å²) in [5.41, 5.74) is 5.14. The number of rotatable bonds is 9. The SMILES string of the molecule is CCOc1cc(C2C3=C(CCCC3=O)N(CCOC)C3=C2C(=O)CCC3)cc(Br)c1OCc1ccc(Cl)cc1Cl. The average molecular weight is 649 g/mol. The molecule has 5 rings (SSSR count). The second-order valence-corrected chi connectivity index (χ2v) is 11.8. The van der Waals surface area contributed by atoms with E-state index < -0.39 is 5.92 Å². The Morgan fingerprint density at radius 1 is 0.950 bits per heavy atom. The molecule has 0 aromatic heterocycles. The van der Waals surface area contributed by atoms with E-state index in [2.05, 4.69) is 20.8 Å². The van der Waals surface area contributed by atoms with Crippen LogP contribution >= 0.6 is 39.1 Å². The molecule has 0 spiro atoms. The highest BCUT2D eigenvalue weighted by molar-refractivity contribution is 9.10. The first-order valence-corrected chi connectivity index (χ1v) is 15.2. The molecule has 0 saturated carbocycles. The van der Waals surface area contributed by atoms with Gasteiger partial charge in [0.05, 0.1) is 17.7 Å². The third-order valence-electron chi connectivity index (χ3n) is 7.66. The number of hydrogen-bond acceptors (Lipinski definition) is 6. The Labute approximate surface area is 253 Å². The molecule has 212 valence electrons. The highest BCUT2D eigenvalue weighted by Gasteiger charge is 2.43. The minimum Gasteiger partial charge on any atom is -0.490 e. The van der Waals surface area contributed by atoms with Crippen molar-refractivity contribution in [1.82, 2.24) is 4.90 Å². The van der Waals surface area contributed by atoms with E-state index in [-0.39, 0.29) is 18.2 Å². The van der Waals surface area contributed by atoms with E-state index in [0.29, 0.717) is 58.6 Å². The molecular weight excluding hydrogens is 617 g/mol. The second-order valence-electron chi connectivity index (χ2n) is 10.1. The number of methoxy groups -OCH3 is 1. The normalized spacial score (nSPS) is 17.8. The van der Waals surface area contributed by atoms with E-state index in [4.69, 9.17) is 37.4 Å². The Morgan fingerprint density at radius 3 is 2.23 bits per heavy atom. The molecule has 3 aliphatic rings. The minimum atomic E-state index is -0.445. The summed E-state index contributed by atoms with van der Waals surface area (Å²) in [4.78, 5) is 29.3. The highest BCUT2D eigenvalue weighted by Crippen LogP contribution is 2.51. The predicted octanol–water partition coefficient (Wildman–Crippen LogP) is 7.79. The number of ketones is 2. The van der Waals surface area contributed by atoms with Crippen LogP contribution in [0.1, 0.15) is 62.5 Å².